The molecular formula is C24H29N3O5. The lowest BCUT2D eigenvalue weighted by atomic mass is 9.98. The smallest absolute Gasteiger partial charge is 0.262 e. The predicted molar refractivity (Wildman–Crippen MR) is 121 cm³/mol. The Hall–Kier alpha value is -3.39. The third-order valence-corrected chi connectivity index (χ3v) is 5.41. The molecular weight excluding hydrogens is 410 g/mol. The van der Waals surface area contributed by atoms with Crippen LogP contribution in [0.1, 0.15) is 30.5 Å². The summed E-state index contributed by atoms with van der Waals surface area (Å²) in [4.78, 5) is 26.8. The minimum absolute atomic E-state index is 0.0709. The molecule has 2 amide bonds. The molecule has 0 saturated carbocycles. The summed E-state index contributed by atoms with van der Waals surface area (Å²) in [5.41, 5.74) is 2.50. The summed E-state index contributed by atoms with van der Waals surface area (Å²) in [5.74, 6) is 0.848. The van der Waals surface area contributed by atoms with Crippen molar-refractivity contribution in [2.45, 2.75) is 19.4 Å². The Morgan fingerprint density at radius 3 is 2.47 bits per heavy atom. The first kappa shape index (κ1) is 23.3. The normalized spacial score (nSPS) is 15.3. The van der Waals surface area contributed by atoms with E-state index in [0.29, 0.717) is 31.1 Å². The molecule has 0 aliphatic carbocycles. The van der Waals surface area contributed by atoms with Gasteiger partial charge in [-0.05, 0) is 17.7 Å². The predicted octanol–water partition coefficient (Wildman–Crippen LogP) is 2.88. The van der Waals surface area contributed by atoms with Gasteiger partial charge in [0, 0.05) is 38.6 Å². The fourth-order valence-corrected chi connectivity index (χ4v) is 3.66. The van der Waals surface area contributed by atoms with Crippen LogP contribution in [0.4, 0.5) is 0 Å². The van der Waals surface area contributed by atoms with Crippen molar-refractivity contribution >= 4 is 17.5 Å². The molecule has 2 aromatic rings. The Morgan fingerprint density at radius 1 is 1.09 bits per heavy atom. The first-order chi connectivity index (χ1) is 15.5. The molecule has 0 fully saturated rings. The van der Waals surface area contributed by atoms with E-state index in [1.807, 2.05) is 42.5 Å². The van der Waals surface area contributed by atoms with Crippen LogP contribution < -0.4 is 9.47 Å². The number of benzene rings is 2. The molecule has 0 saturated heterocycles. The number of rotatable bonds is 9. The monoisotopic (exact) mass is 439 g/mol. The van der Waals surface area contributed by atoms with Crippen LogP contribution in [0.3, 0.4) is 0 Å². The second-order valence-corrected chi connectivity index (χ2v) is 7.42. The third kappa shape index (κ3) is 5.26. The van der Waals surface area contributed by atoms with Crippen LogP contribution in [0.15, 0.2) is 53.6 Å². The fraction of sp³-hybridized carbons (Fsp3) is 0.375. The molecule has 0 bridgehead atoms. The van der Waals surface area contributed by atoms with Crippen LogP contribution in [0.5, 0.6) is 11.5 Å². The van der Waals surface area contributed by atoms with Crippen molar-refractivity contribution < 1.29 is 23.8 Å². The lowest BCUT2D eigenvalue weighted by molar-refractivity contribution is -0.141. The minimum Gasteiger partial charge on any atom is -0.497 e. The molecule has 0 aromatic heterocycles. The van der Waals surface area contributed by atoms with Gasteiger partial charge in [-0.25, -0.2) is 5.01 Å². The SMILES string of the molecule is COCCN(CC(=O)N1N=C(c2ccc(OC)cc2OC)CC1c1ccccc1)C(C)=O. The van der Waals surface area contributed by atoms with Crippen molar-refractivity contribution in [1.82, 2.24) is 9.91 Å². The molecule has 3 rings (SSSR count). The van der Waals surface area contributed by atoms with Gasteiger partial charge in [-0.3, -0.25) is 9.59 Å². The maximum absolute atomic E-state index is 13.3. The first-order valence-electron chi connectivity index (χ1n) is 10.4. The van der Waals surface area contributed by atoms with Gasteiger partial charge in [0.25, 0.3) is 5.91 Å². The van der Waals surface area contributed by atoms with Gasteiger partial charge in [-0.2, -0.15) is 5.10 Å². The Morgan fingerprint density at radius 2 is 1.84 bits per heavy atom. The van der Waals surface area contributed by atoms with Gasteiger partial charge in [-0.15, -0.1) is 0 Å². The lowest BCUT2D eigenvalue weighted by Crippen LogP contribution is -2.41. The highest BCUT2D eigenvalue weighted by Gasteiger charge is 2.34. The van der Waals surface area contributed by atoms with E-state index in [2.05, 4.69) is 5.10 Å². The molecule has 1 atom stereocenters. The molecule has 0 spiro atoms. The van der Waals surface area contributed by atoms with Gasteiger partial charge in [0.2, 0.25) is 5.91 Å². The minimum atomic E-state index is -0.276. The molecule has 1 aliphatic rings. The second kappa shape index (κ2) is 10.8. The number of methoxy groups -OCH3 is 3. The van der Waals surface area contributed by atoms with Crippen LogP contribution >= 0.6 is 0 Å². The number of ether oxygens (including phenoxy) is 3. The molecule has 8 heteroatoms. The molecule has 8 nitrogen and oxygen atoms in total. The maximum atomic E-state index is 13.3. The Labute approximate surface area is 188 Å². The second-order valence-electron chi connectivity index (χ2n) is 7.42. The average molecular weight is 440 g/mol. The number of nitrogens with zero attached hydrogens (tertiary/aromatic N) is 3. The van der Waals surface area contributed by atoms with Crippen molar-refractivity contribution in [2.24, 2.45) is 5.10 Å². The van der Waals surface area contributed by atoms with E-state index in [4.69, 9.17) is 14.2 Å². The number of hydrazone groups is 1. The highest BCUT2D eigenvalue weighted by atomic mass is 16.5. The van der Waals surface area contributed by atoms with Crippen LogP contribution in [-0.2, 0) is 14.3 Å². The summed E-state index contributed by atoms with van der Waals surface area (Å²) in [5, 5.41) is 6.17. The van der Waals surface area contributed by atoms with Crippen molar-refractivity contribution in [1.29, 1.82) is 0 Å². The maximum Gasteiger partial charge on any atom is 0.262 e. The summed E-state index contributed by atoms with van der Waals surface area (Å²) in [6, 6.07) is 15.0. The molecule has 1 heterocycles. The van der Waals surface area contributed by atoms with Gasteiger partial charge in [0.05, 0.1) is 32.6 Å². The Bertz CT molecular complexity index is 977. The summed E-state index contributed by atoms with van der Waals surface area (Å²) >= 11 is 0. The molecule has 32 heavy (non-hydrogen) atoms. The number of hydrogen-bond acceptors (Lipinski definition) is 6. The number of amides is 2. The number of carbonyl (C=O) groups excluding carboxylic acids is 2. The number of carbonyl (C=O) groups is 2. The van der Waals surface area contributed by atoms with Gasteiger partial charge in [0.1, 0.15) is 18.0 Å². The van der Waals surface area contributed by atoms with Crippen LogP contribution in [-0.4, -0.2) is 68.5 Å². The average Bonchev–Trinajstić information content (AvgIpc) is 3.27. The van der Waals surface area contributed by atoms with E-state index in [9.17, 15) is 9.59 Å². The zero-order valence-electron chi connectivity index (χ0n) is 18.9. The lowest BCUT2D eigenvalue weighted by Gasteiger charge is -2.26. The van der Waals surface area contributed by atoms with E-state index < -0.39 is 0 Å². The first-order valence-corrected chi connectivity index (χ1v) is 10.4. The van der Waals surface area contributed by atoms with Crippen molar-refractivity contribution in [3.05, 3.63) is 59.7 Å². The summed E-state index contributed by atoms with van der Waals surface area (Å²) in [6.45, 7) is 2.06. The van der Waals surface area contributed by atoms with Gasteiger partial charge < -0.3 is 19.1 Å². The van der Waals surface area contributed by atoms with E-state index in [-0.39, 0.29) is 24.4 Å². The summed E-state index contributed by atoms with van der Waals surface area (Å²) in [7, 11) is 4.74. The van der Waals surface area contributed by atoms with Gasteiger partial charge >= 0.3 is 0 Å². The van der Waals surface area contributed by atoms with E-state index in [1.54, 1.807) is 27.4 Å². The molecule has 1 unspecified atom stereocenters. The molecule has 0 N–H and O–H groups in total. The number of hydrogen-bond donors (Lipinski definition) is 0. The van der Waals surface area contributed by atoms with Crippen LogP contribution in [0.2, 0.25) is 0 Å². The quantitative estimate of drug-likeness (QED) is 0.600. The topological polar surface area (TPSA) is 80.7 Å². The van der Waals surface area contributed by atoms with Gasteiger partial charge in [0.15, 0.2) is 0 Å². The zero-order valence-corrected chi connectivity index (χ0v) is 18.9. The Balaban J connectivity index is 1.93. The molecule has 2 aromatic carbocycles. The molecule has 1 aliphatic heterocycles. The van der Waals surface area contributed by atoms with Crippen molar-refractivity contribution in [3.63, 3.8) is 0 Å². The summed E-state index contributed by atoms with van der Waals surface area (Å²) < 4.78 is 15.9. The van der Waals surface area contributed by atoms with Gasteiger partial charge in [-0.1, -0.05) is 30.3 Å². The summed E-state index contributed by atoms with van der Waals surface area (Å²) in [6.07, 6.45) is 0.524. The zero-order chi connectivity index (χ0) is 23.1. The Kier molecular flexibility index (Phi) is 7.83. The van der Waals surface area contributed by atoms with E-state index >= 15 is 0 Å². The standard InChI is InChI=1S/C24H29N3O5/c1-17(28)26(12-13-30-2)16-24(29)27-22(18-8-6-5-7-9-18)15-21(25-27)20-11-10-19(31-3)14-23(20)32-4/h5-11,14,22H,12-13,15-16H2,1-4H3. The van der Waals surface area contributed by atoms with Crippen molar-refractivity contribution in [3.8, 4) is 11.5 Å². The van der Waals surface area contributed by atoms with Crippen LogP contribution in [0, 0.1) is 0 Å². The fourth-order valence-electron chi connectivity index (χ4n) is 3.66. The van der Waals surface area contributed by atoms with E-state index in [0.717, 1.165) is 16.8 Å². The largest absolute Gasteiger partial charge is 0.497 e. The molecule has 170 valence electrons. The van der Waals surface area contributed by atoms with E-state index in [1.165, 1.54) is 16.8 Å². The highest BCUT2D eigenvalue weighted by molar-refractivity contribution is 6.05. The third-order valence-electron chi connectivity index (χ3n) is 5.41. The van der Waals surface area contributed by atoms with Crippen LogP contribution in [0.25, 0.3) is 0 Å². The molecule has 0 radical (unpaired) electrons. The van der Waals surface area contributed by atoms with Crippen molar-refractivity contribution in [2.75, 3.05) is 41.0 Å². The highest BCUT2D eigenvalue weighted by Crippen LogP contribution is 2.36.